The zero-order valence-electron chi connectivity index (χ0n) is 7.83. The number of aliphatic hydroxyl groups is 1. The summed E-state index contributed by atoms with van der Waals surface area (Å²) in [5.41, 5.74) is 8.74. The Kier molecular flexibility index (Phi) is 3.53. The summed E-state index contributed by atoms with van der Waals surface area (Å²) < 4.78 is 0. The van der Waals surface area contributed by atoms with Crippen molar-refractivity contribution in [1.29, 1.82) is 0 Å². The van der Waals surface area contributed by atoms with Gasteiger partial charge in [-0.1, -0.05) is 18.2 Å². The number of nitrogens with two attached hydrogens (primary N) is 1. The lowest BCUT2D eigenvalue weighted by Gasteiger charge is -2.01. The molecule has 1 rings (SSSR count). The van der Waals surface area contributed by atoms with Crippen molar-refractivity contribution in [3.05, 3.63) is 35.4 Å². The quantitative estimate of drug-likeness (QED) is 0.693. The largest absolute Gasteiger partial charge is 0.399 e. The molecule has 3 N–H and O–H groups in total. The topological polar surface area (TPSA) is 46.2 Å². The molecule has 0 aliphatic rings. The van der Waals surface area contributed by atoms with E-state index in [1.54, 1.807) is 0 Å². The zero-order chi connectivity index (χ0) is 9.68. The maximum Gasteiger partial charge on any atom is 0.0465 e. The second-order valence-electron chi connectivity index (χ2n) is 3.03. The fourth-order valence-electron chi connectivity index (χ4n) is 1.12. The Bertz CT molecular complexity index is 305. The molecule has 0 bridgehead atoms. The number of benzene rings is 1. The zero-order valence-corrected chi connectivity index (χ0v) is 7.83. The van der Waals surface area contributed by atoms with Crippen molar-refractivity contribution in [3.8, 4) is 0 Å². The maximum atomic E-state index is 8.59. The third-order valence-corrected chi connectivity index (χ3v) is 1.90. The molecule has 0 atom stereocenters. The highest BCUT2D eigenvalue weighted by atomic mass is 16.2. The van der Waals surface area contributed by atoms with Crippen LogP contribution in [0.15, 0.2) is 24.3 Å². The van der Waals surface area contributed by atoms with Crippen LogP contribution in [-0.4, -0.2) is 11.7 Å². The molecular weight excluding hydrogens is 162 g/mol. The molecule has 1 aromatic rings. The predicted octanol–water partition coefficient (Wildman–Crippen LogP) is 1.97. The average molecular weight is 177 g/mol. The van der Waals surface area contributed by atoms with E-state index in [4.69, 9.17) is 10.8 Å². The van der Waals surface area contributed by atoms with Gasteiger partial charge >= 0.3 is 0 Å². The highest BCUT2D eigenvalue weighted by molar-refractivity contribution is 5.59. The van der Waals surface area contributed by atoms with Gasteiger partial charge in [-0.15, -0.1) is 0 Å². The van der Waals surface area contributed by atoms with E-state index < -0.39 is 0 Å². The summed E-state index contributed by atoms with van der Waals surface area (Å²) in [5.74, 6) is 0. The fourth-order valence-corrected chi connectivity index (χ4v) is 1.12. The van der Waals surface area contributed by atoms with E-state index in [1.165, 1.54) is 5.56 Å². The molecule has 0 spiro atoms. The molecule has 0 radical (unpaired) electrons. The minimum atomic E-state index is 0.192. The third-order valence-electron chi connectivity index (χ3n) is 1.90. The fraction of sp³-hybridized carbons (Fsp3) is 0.273. The van der Waals surface area contributed by atoms with Crippen molar-refractivity contribution in [1.82, 2.24) is 0 Å². The van der Waals surface area contributed by atoms with Gasteiger partial charge in [-0.2, -0.15) is 0 Å². The SMILES string of the molecule is Cc1ccc(N)cc1C=CCCO. The molecule has 0 fully saturated rings. The lowest BCUT2D eigenvalue weighted by atomic mass is 10.1. The van der Waals surface area contributed by atoms with Crippen LogP contribution >= 0.6 is 0 Å². The summed E-state index contributed by atoms with van der Waals surface area (Å²) in [6.07, 6.45) is 4.62. The van der Waals surface area contributed by atoms with E-state index in [-0.39, 0.29) is 6.61 Å². The number of hydrogen-bond donors (Lipinski definition) is 2. The molecular formula is C11H15NO. The summed E-state index contributed by atoms with van der Waals surface area (Å²) in [6, 6.07) is 5.82. The van der Waals surface area contributed by atoms with Gasteiger partial charge in [-0.25, -0.2) is 0 Å². The molecule has 2 nitrogen and oxygen atoms in total. The van der Waals surface area contributed by atoms with E-state index in [2.05, 4.69) is 0 Å². The highest BCUT2D eigenvalue weighted by Gasteiger charge is 1.93. The van der Waals surface area contributed by atoms with Gasteiger partial charge in [0, 0.05) is 12.3 Å². The molecule has 0 unspecified atom stereocenters. The number of hydrogen-bond acceptors (Lipinski definition) is 2. The molecule has 1 aromatic carbocycles. The van der Waals surface area contributed by atoms with Crippen molar-refractivity contribution in [2.75, 3.05) is 12.3 Å². The molecule has 0 aromatic heterocycles. The monoisotopic (exact) mass is 177 g/mol. The first kappa shape index (κ1) is 9.81. The Balaban J connectivity index is 2.81. The summed E-state index contributed by atoms with van der Waals surface area (Å²) in [5, 5.41) is 8.59. The molecule has 0 aliphatic heterocycles. The normalized spacial score (nSPS) is 10.9. The van der Waals surface area contributed by atoms with Crippen LogP contribution in [0.1, 0.15) is 17.5 Å². The van der Waals surface area contributed by atoms with Crippen LogP contribution in [0.5, 0.6) is 0 Å². The molecule has 13 heavy (non-hydrogen) atoms. The van der Waals surface area contributed by atoms with Crippen molar-refractivity contribution < 1.29 is 5.11 Å². The van der Waals surface area contributed by atoms with Crippen LogP contribution in [-0.2, 0) is 0 Å². The van der Waals surface area contributed by atoms with Crippen LogP contribution in [0.2, 0.25) is 0 Å². The molecule has 70 valence electrons. The molecule has 0 heterocycles. The number of anilines is 1. The lowest BCUT2D eigenvalue weighted by molar-refractivity contribution is 0.303. The van der Waals surface area contributed by atoms with Crippen molar-refractivity contribution in [2.45, 2.75) is 13.3 Å². The Hall–Kier alpha value is -1.28. The summed E-state index contributed by atoms with van der Waals surface area (Å²) in [4.78, 5) is 0. The number of aryl methyl sites for hydroxylation is 1. The standard InChI is InChI=1S/C11H15NO/c1-9-5-6-11(12)8-10(9)4-2-3-7-13/h2,4-6,8,13H,3,7,12H2,1H3. The van der Waals surface area contributed by atoms with E-state index >= 15 is 0 Å². The molecule has 0 amide bonds. The van der Waals surface area contributed by atoms with Crippen LogP contribution in [0.3, 0.4) is 0 Å². The smallest absolute Gasteiger partial charge is 0.0465 e. The molecule has 0 saturated carbocycles. The Morgan fingerprint density at radius 3 is 2.92 bits per heavy atom. The summed E-state index contributed by atoms with van der Waals surface area (Å²) in [6.45, 7) is 2.23. The Morgan fingerprint density at radius 2 is 2.23 bits per heavy atom. The van der Waals surface area contributed by atoms with Gasteiger partial charge in [0.25, 0.3) is 0 Å². The minimum Gasteiger partial charge on any atom is -0.399 e. The first-order valence-corrected chi connectivity index (χ1v) is 4.37. The number of rotatable bonds is 3. The van der Waals surface area contributed by atoms with Crippen LogP contribution in [0, 0.1) is 6.92 Å². The van der Waals surface area contributed by atoms with E-state index in [1.807, 2.05) is 37.3 Å². The van der Waals surface area contributed by atoms with Crippen molar-refractivity contribution >= 4 is 11.8 Å². The maximum absolute atomic E-state index is 8.59. The summed E-state index contributed by atoms with van der Waals surface area (Å²) >= 11 is 0. The van der Waals surface area contributed by atoms with Crippen LogP contribution < -0.4 is 5.73 Å². The van der Waals surface area contributed by atoms with Gasteiger partial charge in [0.1, 0.15) is 0 Å². The predicted molar refractivity (Wildman–Crippen MR) is 56.3 cm³/mol. The van der Waals surface area contributed by atoms with Gasteiger partial charge < -0.3 is 10.8 Å². The molecule has 0 aliphatic carbocycles. The summed E-state index contributed by atoms with van der Waals surface area (Å²) in [7, 11) is 0. The minimum absolute atomic E-state index is 0.192. The van der Waals surface area contributed by atoms with E-state index in [0.717, 1.165) is 11.3 Å². The van der Waals surface area contributed by atoms with Gasteiger partial charge in [0.2, 0.25) is 0 Å². The van der Waals surface area contributed by atoms with Gasteiger partial charge in [0.05, 0.1) is 0 Å². The first-order chi connectivity index (χ1) is 6.24. The van der Waals surface area contributed by atoms with Gasteiger partial charge in [-0.3, -0.25) is 0 Å². The third kappa shape index (κ3) is 2.92. The van der Waals surface area contributed by atoms with Crippen LogP contribution in [0.4, 0.5) is 5.69 Å². The highest BCUT2D eigenvalue weighted by Crippen LogP contribution is 2.14. The van der Waals surface area contributed by atoms with Crippen molar-refractivity contribution in [2.24, 2.45) is 0 Å². The van der Waals surface area contributed by atoms with Gasteiger partial charge in [-0.05, 0) is 36.6 Å². The molecule has 2 heteroatoms. The van der Waals surface area contributed by atoms with E-state index in [0.29, 0.717) is 6.42 Å². The first-order valence-electron chi connectivity index (χ1n) is 4.37. The average Bonchev–Trinajstić information content (AvgIpc) is 2.11. The lowest BCUT2D eigenvalue weighted by Crippen LogP contribution is -1.87. The second kappa shape index (κ2) is 4.67. The Labute approximate surface area is 78.7 Å². The Morgan fingerprint density at radius 1 is 1.46 bits per heavy atom. The van der Waals surface area contributed by atoms with Gasteiger partial charge in [0.15, 0.2) is 0 Å². The van der Waals surface area contributed by atoms with Crippen LogP contribution in [0.25, 0.3) is 6.08 Å². The number of aliphatic hydroxyl groups excluding tert-OH is 1. The van der Waals surface area contributed by atoms with E-state index in [9.17, 15) is 0 Å². The molecule has 0 saturated heterocycles. The van der Waals surface area contributed by atoms with Crippen molar-refractivity contribution in [3.63, 3.8) is 0 Å². The second-order valence-corrected chi connectivity index (χ2v) is 3.03. The number of nitrogen functional groups attached to an aromatic ring is 1.